The van der Waals surface area contributed by atoms with Crippen molar-refractivity contribution in [3.63, 3.8) is 0 Å². The van der Waals surface area contributed by atoms with Gasteiger partial charge in [-0.05, 0) is 114 Å². The Bertz CT molecular complexity index is 3210. The van der Waals surface area contributed by atoms with Gasteiger partial charge in [0, 0.05) is 21.8 Å². The Labute approximate surface area is 353 Å². The van der Waals surface area contributed by atoms with Crippen molar-refractivity contribution < 1.29 is 27.8 Å². The monoisotopic (exact) mass is 830 g/mol. The molecule has 9 rings (SSSR count). The number of aromatic amines is 2. The third-order valence-electron chi connectivity index (χ3n) is 10.5. The van der Waals surface area contributed by atoms with Crippen molar-refractivity contribution >= 4 is 45.0 Å². The second-order valence-corrected chi connectivity index (χ2v) is 16.2. The highest BCUT2D eigenvalue weighted by Crippen LogP contribution is 2.34. The molecule has 5 aromatic carbocycles. The number of nitrogen functional groups attached to an aromatic ring is 2. The summed E-state index contributed by atoms with van der Waals surface area (Å²) in [6, 6.07) is 31.2. The van der Waals surface area contributed by atoms with E-state index < -0.39 is 11.6 Å². The third kappa shape index (κ3) is 7.31. The first-order valence-corrected chi connectivity index (χ1v) is 19.7. The number of H-pyrrole nitrogens is 2. The van der Waals surface area contributed by atoms with Crippen molar-refractivity contribution in [3.05, 3.63) is 161 Å². The summed E-state index contributed by atoms with van der Waals surface area (Å²) >= 11 is 0. The fourth-order valence-electron chi connectivity index (χ4n) is 7.31. The molecule has 0 bridgehead atoms. The number of nitrogens with one attached hydrogen (secondary N) is 2. The van der Waals surface area contributed by atoms with E-state index in [-0.39, 0.29) is 51.2 Å². The van der Waals surface area contributed by atoms with Crippen molar-refractivity contribution in [1.82, 2.24) is 29.5 Å². The number of hydrogen-bond acceptors (Lipinski definition) is 8. The molecule has 310 valence electrons. The predicted octanol–water partition coefficient (Wildman–Crippen LogP) is 10.1. The van der Waals surface area contributed by atoms with E-state index >= 15 is 0 Å². The summed E-state index contributed by atoms with van der Waals surface area (Å²) in [4.78, 5) is 34.2. The summed E-state index contributed by atoms with van der Waals surface area (Å²) in [6.45, 7) is 8.67. The number of carbonyl (C=O) groups is 2. The molecule has 0 atom stereocenters. The Kier molecular flexibility index (Phi) is 9.69. The van der Waals surface area contributed by atoms with E-state index in [0.29, 0.717) is 34.9 Å². The molecule has 0 fully saturated rings. The Balaban J connectivity index is 0.940. The summed E-state index contributed by atoms with van der Waals surface area (Å²) in [7, 11) is 0. The number of nitrogens with zero attached hydrogens (tertiary/aromatic N) is 4. The average Bonchev–Trinajstić information content (AvgIpc) is 4.06. The van der Waals surface area contributed by atoms with E-state index in [1.807, 2.05) is 60.7 Å². The highest BCUT2D eigenvalue weighted by Gasteiger charge is 2.23. The summed E-state index contributed by atoms with van der Waals surface area (Å²) < 4.78 is 42.4. The molecule has 0 radical (unpaired) electrons. The zero-order chi connectivity index (χ0) is 43.4. The maximum absolute atomic E-state index is 14.2. The molecule has 0 saturated heterocycles. The number of benzene rings is 5. The van der Waals surface area contributed by atoms with Gasteiger partial charge in [-0.2, -0.15) is 14.6 Å². The molecular weight excluding hydrogens is 791 g/mol. The molecule has 62 heavy (non-hydrogen) atoms. The summed E-state index contributed by atoms with van der Waals surface area (Å²) in [5.41, 5.74) is 19.3. The Morgan fingerprint density at radius 3 is 2.11 bits per heavy atom. The van der Waals surface area contributed by atoms with Crippen LogP contribution in [-0.4, -0.2) is 47.7 Å². The summed E-state index contributed by atoms with van der Waals surface area (Å²) in [5.74, 6) is -1.65. The van der Waals surface area contributed by atoms with Gasteiger partial charge in [-0.15, -0.1) is 0 Å². The van der Waals surface area contributed by atoms with Gasteiger partial charge in [-0.3, -0.25) is 9.59 Å². The number of aromatic nitrogens is 6. The zero-order valence-corrected chi connectivity index (χ0v) is 34.1. The van der Waals surface area contributed by atoms with Crippen molar-refractivity contribution in [2.45, 2.75) is 27.7 Å². The SMILES string of the molecule is Cc1cc(Oc2cccc(F)c2F)ccc1-n1ncc(C(=O)c2cc3c(-c4ccc5[nH]c(C(=O)c6cnn(-c7ccc(OCC(C)(C)C)cc7)c6N)cc5c4)cccc3[nH]2)c1N. The van der Waals surface area contributed by atoms with E-state index in [1.165, 1.54) is 33.9 Å². The van der Waals surface area contributed by atoms with Crippen LogP contribution in [0.15, 0.2) is 122 Å². The molecule has 6 N–H and O–H groups in total. The lowest BCUT2D eigenvalue weighted by Gasteiger charge is -2.18. The smallest absolute Gasteiger partial charge is 0.214 e. The van der Waals surface area contributed by atoms with Gasteiger partial charge in [0.05, 0.1) is 52.9 Å². The number of aryl methyl sites for hydroxylation is 1. The Morgan fingerprint density at radius 1 is 0.726 bits per heavy atom. The lowest BCUT2D eigenvalue weighted by Crippen LogP contribution is -2.16. The second-order valence-electron chi connectivity index (χ2n) is 16.2. The minimum atomic E-state index is -1.09. The highest BCUT2D eigenvalue weighted by molar-refractivity contribution is 6.14. The van der Waals surface area contributed by atoms with Gasteiger partial charge in [0.15, 0.2) is 11.6 Å². The first-order valence-electron chi connectivity index (χ1n) is 19.7. The van der Waals surface area contributed by atoms with Gasteiger partial charge >= 0.3 is 0 Å². The maximum atomic E-state index is 14.2. The molecule has 0 aliphatic rings. The highest BCUT2D eigenvalue weighted by atomic mass is 19.2. The number of nitrogens with two attached hydrogens (primary N) is 2. The van der Waals surface area contributed by atoms with Crippen LogP contribution in [0.3, 0.4) is 0 Å². The number of fused-ring (bicyclic) bond motifs is 2. The molecule has 0 spiro atoms. The fraction of sp³-hybridized carbons (Fsp3) is 0.125. The molecule has 12 nitrogen and oxygen atoms in total. The molecule has 0 unspecified atom stereocenters. The largest absolute Gasteiger partial charge is 0.493 e. The van der Waals surface area contributed by atoms with E-state index in [1.54, 1.807) is 37.3 Å². The average molecular weight is 831 g/mol. The topological polar surface area (TPSA) is 172 Å². The Hall–Kier alpha value is -8.00. The molecule has 14 heteroatoms. The van der Waals surface area contributed by atoms with Crippen LogP contribution in [0, 0.1) is 24.0 Å². The van der Waals surface area contributed by atoms with Crippen LogP contribution in [0.2, 0.25) is 0 Å². The number of ether oxygens (including phenoxy) is 2. The van der Waals surface area contributed by atoms with Gasteiger partial charge in [-0.1, -0.05) is 45.0 Å². The fourth-order valence-corrected chi connectivity index (χ4v) is 7.31. The lowest BCUT2D eigenvalue weighted by molar-refractivity contribution is 0.102. The lowest BCUT2D eigenvalue weighted by atomic mass is 9.99. The van der Waals surface area contributed by atoms with E-state index in [9.17, 15) is 18.4 Å². The van der Waals surface area contributed by atoms with Gasteiger partial charge in [-0.25, -0.2) is 13.8 Å². The predicted molar refractivity (Wildman–Crippen MR) is 235 cm³/mol. The number of halogens is 2. The number of carbonyl (C=O) groups excluding carboxylic acids is 2. The van der Waals surface area contributed by atoms with E-state index in [2.05, 4.69) is 40.9 Å². The first kappa shape index (κ1) is 39.5. The number of ketones is 2. The van der Waals surface area contributed by atoms with Gasteiger partial charge < -0.3 is 30.9 Å². The van der Waals surface area contributed by atoms with Crippen molar-refractivity contribution in [3.8, 4) is 39.8 Å². The minimum absolute atomic E-state index is 0.0212. The van der Waals surface area contributed by atoms with E-state index in [0.717, 1.165) is 44.7 Å². The molecule has 0 aliphatic carbocycles. The Morgan fingerprint density at radius 2 is 1.39 bits per heavy atom. The molecular formula is C48H40F2N8O4. The van der Waals surface area contributed by atoms with Crippen LogP contribution < -0.4 is 20.9 Å². The van der Waals surface area contributed by atoms with Gasteiger partial charge in [0.25, 0.3) is 0 Å². The van der Waals surface area contributed by atoms with Gasteiger partial charge in [0.2, 0.25) is 17.4 Å². The van der Waals surface area contributed by atoms with Crippen LogP contribution in [0.4, 0.5) is 20.4 Å². The van der Waals surface area contributed by atoms with Crippen LogP contribution in [0.25, 0.3) is 44.3 Å². The van der Waals surface area contributed by atoms with Crippen LogP contribution >= 0.6 is 0 Å². The van der Waals surface area contributed by atoms with E-state index in [4.69, 9.17) is 20.9 Å². The van der Waals surface area contributed by atoms with Crippen LogP contribution in [0.1, 0.15) is 58.4 Å². The third-order valence-corrected chi connectivity index (χ3v) is 10.5. The summed E-state index contributed by atoms with van der Waals surface area (Å²) in [5, 5.41) is 10.4. The van der Waals surface area contributed by atoms with Crippen LogP contribution in [-0.2, 0) is 0 Å². The minimum Gasteiger partial charge on any atom is -0.493 e. The second kappa shape index (κ2) is 15.2. The molecule has 9 aromatic rings. The summed E-state index contributed by atoms with van der Waals surface area (Å²) in [6.07, 6.45) is 2.88. The standard InChI is InChI=1S/C48H40F2N8O4/c1-26-19-31(62-42-10-6-8-36(49)43(42)50)16-18-41(26)58-47(52)35(24-54-58)45(60)40-22-33-32(7-5-9-38(33)56-40)27-11-17-37-28(20-27)21-39(55-37)44(59)34-23-53-57(46(34)51)29-12-14-30(15-13-29)61-25-48(2,3)4/h5-24,55-56H,25,51-52H2,1-4H3. The van der Waals surface area contributed by atoms with Crippen LogP contribution in [0.5, 0.6) is 17.2 Å². The zero-order valence-electron chi connectivity index (χ0n) is 34.1. The molecule has 0 aliphatic heterocycles. The molecule has 0 amide bonds. The normalized spacial score (nSPS) is 11.7. The molecule has 0 saturated carbocycles. The number of rotatable bonds is 11. The quantitative estimate of drug-likeness (QED) is 0.0933. The van der Waals surface area contributed by atoms with Crippen molar-refractivity contribution in [2.75, 3.05) is 18.1 Å². The number of hydrogen-bond donors (Lipinski definition) is 4. The van der Waals surface area contributed by atoms with Crippen molar-refractivity contribution in [1.29, 1.82) is 0 Å². The maximum Gasteiger partial charge on any atom is 0.214 e. The van der Waals surface area contributed by atoms with Gasteiger partial charge in [0.1, 0.15) is 23.1 Å². The molecule has 4 heterocycles. The number of anilines is 2. The first-order chi connectivity index (χ1) is 29.7. The van der Waals surface area contributed by atoms with Crippen molar-refractivity contribution in [2.24, 2.45) is 5.41 Å². The molecule has 4 aromatic heterocycles.